The fraction of sp³-hybridized carbons (Fsp3) is 0.333. The van der Waals surface area contributed by atoms with Crippen molar-refractivity contribution < 1.29 is 0 Å². The summed E-state index contributed by atoms with van der Waals surface area (Å²) in [6, 6.07) is 17.6. The highest BCUT2D eigenvalue weighted by Crippen LogP contribution is 2.38. The summed E-state index contributed by atoms with van der Waals surface area (Å²) < 4.78 is 0. The maximum absolute atomic E-state index is 2.48. The van der Waals surface area contributed by atoms with E-state index in [1.165, 1.54) is 28.9 Å². The molecule has 3 rings (SSSR count). The molecule has 2 nitrogen and oxygen atoms in total. The van der Waals surface area contributed by atoms with Crippen molar-refractivity contribution >= 4 is 11.4 Å². The van der Waals surface area contributed by atoms with Gasteiger partial charge in [-0.05, 0) is 50.3 Å². The van der Waals surface area contributed by atoms with Crippen LogP contribution in [0, 0.1) is 0 Å². The molecule has 1 aliphatic rings. The van der Waals surface area contributed by atoms with E-state index in [0.717, 1.165) is 19.5 Å². The first-order valence-electron chi connectivity index (χ1n) is 7.34. The zero-order valence-corrected chi connectivity index (χ0v) is 12.3. The van der Waals surface area contributed by atoms with Gasteiger partial charge in [0, 0.05) is 24.3 Å². The van der Waals surface area contributed by atoms with Crippen LogP contribution < -0.4 is 4.90 Å². The van der Waals surface area contributed by atoms with Crippen LogP contribution in [0.1, 0.15) is 17.5 Å². The van der Waals surface area contributed by atoms with Gasteiger partial charge < -0.3 is 9.80 Å². The normalized spacial score (nSPS) is 13.2. The molecule has 0 saturated carbocycles. The highest BCUT2D eigenvalue weighted by atomic mass is 15.2. The Labute approximate surface area is 121 Å². The van der Waals surface area contributed by atoms with Gasteiger partial charge in [0.2, 0.25) is 0 Å². The molecule has 0 amide bonds. The van der Waals surface area contributed by atoms with E-state index < -0.39 is 0 Å². The summed E-state index contributed by atoms with van der Waals surface area (Å²) in [6.07, 6.45) is 2.23. The molecule has 0 unspecified atom stereocenters. The zero-order chi connectivity index (χ0) is 13.9. The topological polar surface area (TPSA) is 6.48 Å². The lowest BCUT2D eigenvalue weighted by Crippen LogP contribution is -2.27. The van der Waals surface area contributed by atoms with Crippen molar-refractivity contribution in [2.75, 3.05) is 32.1 Å². The minimum Gasteiger partial charge on any atom is -0.341 e. The fourth-order valence-corrected chi connectivity index (χ4v) is 2.97. The van der Waals surface area contributed by atoms with E-state index in [9.17, 15) is 0 Å². The molecular weight excluding hydrogens is 244 g/mol. The smallest absolute Gasteiger partial charge is 0.0446 e. The molecular formula is C18H22N2. The SMILES string of the molecule is CN(C)CCCN1c2ccccc2Cc2ccccc21. The van der Waals surface area contributed by atoms with Gasteiger partial charge in [-0.25, -0.2) is 0 Å². The first-order chi connectivity index (χ1) is 9.75. The predicted molar refractivity (Wildman–Crippen MR) is 85.9 cm³/mol. The number of para-hydroxylation sites is 2. The van der Waals surface area contributed by atoms with Crippen molar-refractivity contribution in [3.63, 3.8) is 0 Å². The van der Waals surface area contributed by atoms with Gasteiger partial charge in [-0.15, -0.1) is 0 Å². The third-order valence-electron chi connectivity index (χ3n) is 3.93. The van der Waals surface area contributed by atoms with Crippen LogP contribution in [0.5, 0.6) is 0 Å². The zero-order valence-electron chi connectivity index (χ0n) is 12.3. The molecule has 1 heterocycles. The average molecular weight is 266 g/mol. The second-order valence-corrected chi connectivity index (χ2v) is 5.74. The average Bonchev–Trinajstić information content (AvgIpc) is 2.46. The quantitative estimate of drug-likeness (QED) is 0.833. The van der Waals surface area contributed by atoms with Crippen LogP contribution in [-0.2, 0) is 6.42 Å². The first-order valence-corrected chi connectivity index (χ1v) is 7.34. The number of hydrogen-bond acceptors (Lipinski definition) is 2. The second-order valence-electron chi connectivity index (χ2n) is 5.74. The molecule has 1 aliphatic heterocycles. The molecule has 0 N–H and O–H groups in total. The van der Waals surface area contributed by atoms with Crippen molar-refractivity contribution in [2.45, 2.75) is 12.8 Å². The molecule has 2 aromatic carbocycles. The van der Waals surface area contributed by atoms with E-state index in [1.807, 2.05) is 0 Å². The highest BCUT2D eigenvalue weighted by Gasteiger charge is 2.21. The van der Waals surface area contributed by atoms with E-state index in [0.29, 0.717) is 0 Å². The summed E-state index contributed by atoms with van der Waals surface area (Å²) in [4.78, 5) is 4.74. The molecule has 0 saturated heterocycles. The van der Waals surface area contributed by atoms with Gasteiger partial charge in [-0.1, -0.05) is 36.4 Å². The van der Waals surface area contributed by atoms with Gasteiger partial charge in [-0.2, -0.15) is 0 Å². The lowest BCUT2D eigenvalue weighted by Gasteiger charge is -2.33. The second kappa shape index (κ2) is 5.68. The molecule has 0 atom stereocenters. The summed E-state index contributed by atoms with van der Waals surface area (Å²) in [6.45, 7) is 2.20. The van der Waals surface area contributed by atoms with Crippen molar-refractivity contribution in [1.82, 2.24) is 4.90 Å². The molecule has 0 spiro atoms. The van der Waals surface area contributed by atoms with Gasteiger partial charge in [0.15, 0.2) is 0 Å². The molecule has 104 valence electrons. The molecule has 0 radical (unpaired) electrons. The summed E-state index contributed by atoms with van der Waals surface area (Å²) in [5, 5.41) is 0. The van der Waals surface area contributed by atoms with Crippen LogP contribution in [0.25, 0.3) is 0 Å². The van der Waals surface area contributed by atoms with Crippen molar-refractivity contribution in [2.24, 2.45) is 0 Å². The number of benzene rings is 2. The Kier molecular flexibility index (Phi) is 3.75. The van der Waals surface area contributed by atoms with Gasteiger partial charge in [0.05, 0.1) is 0 Å². The van der Waals surface area contributed by atoms with Crippen LogP contribution >= 0.6 is 0 Å². The van der Waals surface area contributed by atoms with Gasteiger partial charge in [0.25, 0.3) is 0 Å². The summed E-state index contributed by atoms with van der Waals surface area (Å²) in [5.41, 5.74) is 5.64. The largest absolute Gasteiger partial charge is 0.341 e. The Bertz CT molecular complexity index is 544. The van der Waals surface area contributed by atoms with Gasteiger partial charge in [-0.3, -0.25) is 0 Å². The Hall–Kier alpha value is -1.80. The highest BCUT2D eigenvalue weighted by molar-refractivity contribution is 5.74. The van der Waals surface area contributed by atoms with Crippen LogP contribution in [0.2, 0.25) is 0 Å². The third-order valence-corrected chi connectivity index (χ3v) is 3.93. The van der Waals surface area contributed by atoms with Crippen LogP contribution in [0.4, 0.5) is 11.4 Å². The molecule has 2 heteroatoms. The first kappa shape index (κ1) is 13.2. The summed E-state index contributed by atoms with van der Waals surface area (Å²) >= 11 is 0. The molecule has 0 aliphatic carbocycles. The maximum Gasteiger partial charge on any atom is 0.0446 e. The standard InChI is InChI=1S/C18H22N2/c1-19(2)12-7-13-20-17-10-5-3-8-15(17)14-16-9-4-6-11-18(16)20/h3-6,8-11H,7,12-14H2,1-2H3. The van der Waals surface area contributed by atoms with Crippen molar-refractivity contribution in [3.05, 3.63) is 59.7 Å². The van der Waals surface area contributed by atoms with Crippen molar-refractivity contribution in [3.8, 4) is 0 Å². The number of rotatable bonds is 4. The van der Waals surface area contributed by atoms with E-state index in [2.05, 4.69) is 72.4 Å². The third kappa shape index (κ3) is 2.56. The molecule has 0 fully saturated rings. The van der Waals surface area contributed by atoms with E-state index in [1.54, 1.807) is 0 Å². The lowest BCUT2D eigenvalue weighted by atomic mass is 9.95. The maximum atomic E-state index is 2.48. The molecule has 0 aromatic heterocycles. The van der Waals surface area contributed by atoms with Crippen LogP contribution in [0.15, 0.2) is 48.5 Å². The summed E-state index contributed by atoms with van der Waals surface area (Å²) in [5.74, 6) is 0. The number of nitrogens with zero attached hydrogens (tertiary/aromatic N) is 2. The van der Waals surface area contributed by atoms with Gasteiger partial charge >= 0.3 is 0 Å². The summed E-state index contributed by atoms with van der Waals surface area (Å²) in [7, 11) is 4.27. The number of hydrogen-bond donors (Lipinski definition) is 0. The monoisotopic (exact) mass is 266 g/mol. The predicted octanol–water partition coefficient (Wildman–Crippen LogP) is 3.68. The van der Waals surface area contributed by atoms with Crippen molar-refractivity contribution in [1.29, 1.82) is 0 Å². The number of anilines is 2. The molecule has 20 heavy (non-hydrogen) atoms. The molecule has 0 bridgehead atoms. The van der Waals surface area contributed by atoms with E-state index in [-0.39, 0.29) is 0 Å². The van der Waals surface area contributed by atoms with E-state index >= 15 is 0 Å². The Morgan fingerprint density at radius 1 is 0.900 bits per heavy atom. The van der Waals surface area contributed by atoms with Crippen LogP contribution in [0.3, 0.4) is 0 Å². The number of fused-ring (bicyclic) bond motifs is 2. The van der Waals surface area contributed by atoms with Gasteiger partial charge in [0.1, 0.15) is 0 Å². The Morgan fingerprint density at radius 3 is 2.00 bits per heavy atom. The Balaban J connectivity index is 1.91. The minimum absolute atomic E-state index is 1.05. The fourth-order valence-electron chi connectivity index (χ4n) is 2.97. The minimum atomic E-state index is 1.05. The van der Waals surface area contributed by atoms with E-state index in [4.69, 9.17) is 0 Å². The molecule has 2 aromatic rings. The Morgan fingerprint density at radius 2 is 1.45 bits per heavy atom. The lowest BCUT2D eigenvalue weighted by molar-refractivity contribution is 0.402. The van der Waals surface area contributed by atoms with Crippen LogP contribution in [-0.4, -0.2) is 32.1 Å².